The van der Waals surface area contributed by atoms with E-state index in [1.54, 1.807) is 24.1 Å². The summed E-state index contributed by atoms with van der Waals surface area (Å²) in [5, 5.41) is 9.87. The van der Waals surface area contributed by atoms with Crippen LogP contribution in [-0.4, -0.2) is 39.2 Å². The summed E-state index contributed by atoms with van der Waals surface area (Å²) in [5.41, 5.74) is 3.00. The number of nitrogens with one attached hydrogen (secondary N) is 2. The minimum absolute atomic E-state index is 0.0422. The van der Waals surface area contributed by atoms with Crippen molar-refractivity contribution in [1.82, 2.24) is 25.1 Å². The van der Waals surface area contributed by atoms with Gasteiger partial charge in [-0.3, -0.25) is 14.5 Å². The van der Waals surface area contributed by atoms with Gasteiger partial charge >= 0.3 is 6.18 Å². The van der Waals surface area contributed by atoms with E-state index < -0.39 is 11.9 Å². The second kappa shape index (κ2) is 12.8. The molecule has 4 rings (SSSR count). The minimum atomic E-state index is -4.35. The van der Waals surface area contributed by atoms with Gasteiger partial charge in [0.15, 0.2) is 0 Å². The van der Waals surface area contributed by atoms with Crippen LogP contribution >= 0.6 is 0 Å². The molecule has 3 aromatic heterocycles. The number of carbonyl (C=O) groups excluding carboxylic acids is 1. The molecule has 0 unspecified atom stereocenters. The molecular formula is C26H29F3N6O. The summed E-state index contributed by atoms with van der Waals surface area (Å²) in [6, 6.07) is 6.20. The SMILES string of the molecule is CNCCc1ccc(C(F)(F)F)nc1.Cn1cc(-c2ccc(NC(=O)CC3=CCCC=C3)nc2)cn1. The maximum atomic E-state index is 12.1. The Labute approximate surface area is 208 Å². The van der Waals surface area contributed by atoms with E-state index in [0.29, 0.717) is 18.7 Å². The van der Waals surface area contributed by atoms with Crippen molar-refractivity contribution < 1.29 is 18.0 Å². The summed E-state index contributed by atoms with van der Waals surface area (Å²) >= 11 is 0. The molecule has 190 valence electrons. The number of anilines is 1. The van der Waals surface area contributed by atoms with E-state index in [-0.39, 0.29) is 5.91 Å². The van der Waals surface area contributed by atoms with E-state index in [0.717, 1.165) is 47.7 Å². The quantitative estimate of drug-likeness (QED) is 0.482. The lowest BCUT2D eigenvalue weighted by molar-refractivity contribution is -0.141. The second-order valence-corrected chi connectivity index (χ2v) is 8.22. The number of nitrogens with zero attached hydrogens (tertiary/aromatic N) is 4. The number of likely N-dealkylation sites (N-methyl/N-ethyl adjacent to an activating group) is 1. The van der Waals surface area contributed by atoms with Crippen LogP contribution in [0.2, 0.25) is 0 Å². The lowest BCUT2D eigenvalue weighted by atomic mass is 10.0. The highest BCUT2D eigenvalue weighted by Gasteiger charge is 2.31. The topological polar surface area (TPSA) is 84.7 Å². The summed E-state index contributed by atoms with van der Waals surface area (Å²) in [5.74, 6) is 0.525. The molecule has 0 saturated carbocycles. The highest BCUT2D eigenvalue weighted by Crippen LogP contribution is 2.27. The maximum Gasteiger partial charge on any atom is 0.433 e. The minimum Gasteiger partial charge on any atom is -0.319 e. The molecule has 1 aliphatic rings. The van der Waals surface area contributed by atoms with Gasteiger partial charge in [0.05, 0.1) is 12.6 Å². The van der Waals surface area contributed by atoms with Crippen molar-refractivity contribution in [1.29, 1.82) is 0 Å². The van der Waals surface area contributed by atoms with E-state index in [4.69, 9.17) is 0 Å². The molecule has 3 aromatic rings. The lowest BCUT2D eigenvalue weighted by Crippen LogP contribution is -2.13. The first kappa shape index (κ1) is 26.8. The first-order valence-electron chi connectivity index (χ1n) is 11.5. The average molecular weight is 499 g/mol. The first-order chi connectivity index (χ1) is 17.2. The zero-order valence-corrected chi connectivity index (χ0v) is 20.2. The number of pyridine rings is 2. The van der Waals surface area contributed by atoms with Crippen molar-refractivity contribution in [3.63, 3.8) is 0 Å². The molecular weight excluding hydrogens is 469 g/mol. The maximum absolute atomic E-state index is 12.1. The first-order valence-corrected chi connectivity index (χ1v) is 11.5. The Bertz CT molecular complexity index is 1180. The van der Waals surface area contributed by atoms with Crippen LogP contribution in [0.3, 0.4) is 0 Å². The molecule has 0 spiro atoms. The molecule has 0 saturated heterocycles. The Morgan fingerprint density at radius 1 is 1.06 bits per heavy atom. The average Bonchev–Trinajstić information content (AvgIpc) is 3.30. The van der Waals surface area contributed by atoms with E-state index >= 15 is 0 Å². The van der Waals surface area contributed by atoms with Crippen LogP contribution in [0.1, 0.15) is 30.5 Å². The van der Waals surface area contributed by atoms with Crippen LogP contribution in [0.5, 0.6) is 0 Å². The van der Waals surface area contributed by atoms with E-state index in [1.165, 1.54) is 12.3 Å². The molecule has 7 nitrogen and oxygen atoms in total. The Balaban J connectivity index is 0.000000223. The van der Waals surface area contributed by atoms with Crippen LogP contribution in [0.25, 0.3) is 11.1 Å². The highest BCUT2D eigenvalue weighted by molar-refractivity contribution is 5.91. The summed E-state index contributed by atoms with van der Waals surface area (Å²) in [7, 11) is 3.66. The molecule has 1 amide bonds. The standard InChI is InChI=1S/C17H18N4O.C9H11F3N2/c1-21-12-15(11-19-21)14-7-8-16(18-10-14)20-17(22)9-13-5-3-2-4-6-13;1-13-5-4-7-2-3-8(14-6-7)9(10,11)12/h3,5-8,10-12H,2,4,9H2,1H3,(H,18,20,22);2-3,6,13H,4-5H2,1H3. The number of alkyl halides is 3. The van der Waals surface area contributed by atoms with Crippen molar-refractivity contribution in [2.75, 3.05) is 18.9 Å². The van der Waals surface area contributed by atoms with Crippen molar-refractivity contribution in [2.24, 2.45) is 7.05 Å². The Kier molecular flexibility index (Phi) is 9.52. The lowest BCUT2D eigenvalue weighted by Gasteiger charge is -2.08. The van der Waals surface area contributed by atoms with Crippen molar-refractivity contribution in [3.05, 3.63) is 84.1 Å². The van der Waals surface area contributed by atoms with E-state index in [9.17, 15) is 18.0 Å². The van der Waals surface area contributed by atoms with Crippen molar-refractivity contribution in [3.8, 4) is 11.1 Å². The number of amides is 1. The van der Waals surface area contributed by atoms with E-state index in [2.05, 4.69) is 37.9 Å². The predicted octanol–water partition coefficient (Wildman–Crippen LogP) is 4.95. The highest BCUT2D eigenvalue weighted by atomic mass is 19.4. The summed E-state index contributed by atoms with van der Waals surface area (Å²) in [4.78, 5) is 19.6. The molecule has 36 heavy (non-hydrogen) atoms. The van der Waals surface area contributed by atoms with Gasteiger partial charge in [-0.25, -0.2) is 4.98 Å². The molecule has 0 bridgehead atoms. The molecule has 3 heterocycles. The monoisotopic (exact) mass is 498 g/mol. The second-order valence-electron chi connectivity index (χ2n) is 8.22. The van der Waals surface area contributed by atoms with Crippen LogP contribution in [0.4, 0.5) is 19.0 Å². The smallest absolute Gasteiger partial charge is 0.319 e. The Morgan fingerprint density at radius 2 is 1.89 bits per heavy atom. The predicted molar refractivity (Wildman–Crippen MR) is 133 cm³/mol. The molecule has 0 aromatic carbocycles. The number of rotatable bonds is 7. The van der Waals surface area contributed by atoms with Gasteiger partial charge in [-0.2, -0.15) is 18.3 Å². The summed E-state index contributed by atoms with van der Waals surface area (Å²) < 4.78 is 38.0. The molecule has 0 aliphatic heterocycles. The van der Waals surface area contributed by atoms with Gasteiger partial charge in [-0.15, -0.1) is 0 Å². The summed E-state index contributed by atoms with van der Waals surface area (Å²) in [6.45, 7) is 0.729. The molecule has 0 atom stereocenters. The number of hydrogen-bond acceptors (Lipinski definition) is 5. The van der Waals surface area contributed by atoms with Crippen molar-refractivity contribution in [2.45, 2.75) is 31.9 Å². The number of aromatic nitrogens is 4. The normalized spacial score (nSPS) is 13.0. The fourth-order valence-corrected chi connectivity index (χ4v) is 3.39. The number of halogens is 3. The number of carbonyl (C=O) groups is 1. The molecule has 2 N–H and O–H groups in total. The number of allylic oxidation sites excluding steroid dienone is 3. The fourth-order valence-electron chi connectivity index (χ4n) is 3.39. The zero-order valence-electron chi connectivity index (χ0n) is 20.2. The van der Waals surface area contributed by atoms with E-state index in [1.807, 2.05) is 31.5 Å². The number of aryl methyl sites for hydroxylation is 1. The van der Waals surface area contributed by atoms with Crippen LogP contribution in [0.15, 0.2) is 72.9 Å². The third-order valence-corrected chi connectivity index (χ3v) is 5.28. The molecule has 10 heteroatoms. The fraction of sp³-hybridized carbons (Fsp3) is 0.308. The van der Waals surface area contributed by atoms with Gasteiger partial charge in [0.25, 0.3) is 0 Å². The van der Waals surface area contributed by atoms with Gasteiger partial charge in [-0.1, -0.05) is 24.3 Å². The zero-order chi connectivity index (χ0) is 26.0. The van der Waals surface area contributed by atoms with Crippen LogP contribution in [-0.2, 0) is 24.4 Å². The number of hydrogen-bond donors (Lipinski definition) is 2. The molecule has 1 aliphatic carbocycles. The third kappa shape index (κ3) is 8.46. The van der Waals surface area contributed by atoms with Gasteiger partial charge in [0, 0.05) is 36.8 Å². The van der Waals surface area contributed by atoms with Gasteiger partial charge in [-0.05, 0) is 62.2 Å². The largest absolute Gasteiger partial charge is 0.433 e. The molecule has 0 fully saturated rings. The van der Waals surface area contributed by atoms with Crippen LogP contribution in [0, 0.1) is 0 Å². The summed E-state index contributed by atoms with van der Waals surface area (Å²) in [6.07, 6.45) is 11.7. The van der Waals surface area contributed by atoms with Gasteiger partial charge < -0.3 is 10.6 Å². The Hall–Kier alpha value is -3.79. The van der Waals surface area contributed by atoms with Gasteiger partial charge in [0.1, 0.15) is 11.5 Å². The van der Waals surface area contributed by atoms with Crippen LogP contribution < -0.4 is 10.6 Å². The van der Waals surface area contributed by atoms with Gasteiger partial charge in [0.2, 0.25) is 5.91 Å². The Morgan fingerprint density at radius 3 is 2.44 bits per heavy atom. The van der Waals surface area contributed by atoms with Crippen molar-refractivity contribution >= 4 is 11.7 Å². The third-order valence-electron chi connectivity index (χ3n) is 5.28. The molecule has 0 radical (unpaired) electrons.